The van der Waals surface area contributed by atoms with Crippen molar-refractivity contribution in [3.05, 3.63) is 38.9 Å². The first kappa shape index (κ1) is 15.1. The van der Waals surface area contributed by atoms with Gasteiger partial charge in [0.1, 0.15) is 5.02 Å². The van der Waals surface area contributed by atoms with Crippen molar-refractivity contribution in [1.29, 1.82) is 0 Å². The molecular weight excluding hydrogens is 300 g/mol. The molecule has 1 amide bonds. The highest BCUT2D eigenvalue weighted by molar-refractivity contribution is 7.99. The third-order valence-electron chi connectivity index (χ3n) is 3.46. The highest BCUT2D eigenvalue weighted by atomic mass is 35.5. The van der Waals surface area contributed by atoms with Crippen LogP contribution in [0.2, 0.25) is 5.02 Å². The number of nitro groups is 1. The molecule has 1 fully saturated rings. The van der Waals surface area contributed by atoms with Crippen LogP contribution in [0.5, 0.6) is 0 Å². The van der Waals surface area contributed by atoms with Gasteiger partial charge in [0.2, 0.25) is 0 Å². The molecular formula is C13H15ClN2O3S. The van der Waals surface area contributed by atoms with E-state index in [0.717, 1.165) is 19.3 Å². The van der Waals surface area contributed by atoms with Crippen LogP contribution in [0.1, 0.15) is 29.6 Å². The summed E-state index contributed by atoms with van der Waals surface area (Å²) in [7, 11) is 0. The van der Waals surface area contributed by atoms with Crippen LogP contribution in [0.15, 0.2) is 18.2 Å². The maximum atomic E-state index is 12.1. The number of nitro benzene ring substituents is 1. The van der Waals surface area contributed by atoms with E-state index >= 15 is 0 Å². The topological polar surface area (TPSA) is 72.2 Å². The number of halogens is 1. The number of thioether (sulfide) groups is 1. The van der Waals surface area contributed by atoms with Crippen LogP contribution in [-0.4, -0.2) is 28.4 Å². The van der Waals surface area contributed by atoms with Gasteiger partial charge in [0.25, 0.3) is 11.6 Å². The van der Waals surface area contributed by atoms with E-state index in [1.165, 1.54) is 18.2 Å². The standard InChI is InChI=1S/C13H15ClN2O3S/c1-20-10-4-3-9(7-10)15-13(17)8-2-5-12(16(18)19)11(14)6-8/h2,5-6,9-10H,3-4,7H2,1H3,(H,15,17). The second kappa shape index (κ2) is 6.45. The molecule has 0 saturated heterocycles. The number of hydrogen-bond donors (Lipinski definition) is 1. The van der Waals surface area contributed by atoms with Gasteiger partial charge in [-0.25, -0.2) is 0 Å². The fourth-order valence-electron chi connectivity index (χ4n) is 2.35. The van der Waals surface area contributed by atoms with Crippen molar-refractivity contribution in [3.63, 3.8) is 0 Å². The van der Waals surface area contributed by atoms with Gasteiger partial charge in [0.15, 0.2) is 0 Å². The molecule has 2 atom stereocenters. The lowest BCUT2D eigenvalue weighted by Gasteiger charge is -2.13. The SMILES string of the molecule is CSC1CCC(NC(=O)c2ccc([N+](=O)[O-])c(Cl)c2)C1. The minimum Gasteiger partial charge on any atom is -0.349 e. The Morgan fingerprint density at radius 3 is 2.80 bits per heavy atom. The third-order valence-corrected chi connectivity index (χ3v) is 4.86. The maximum absolute atomic E-state index is 12.1. The van der Waals surface area contributed by atoms with E-state index in [-0.39, 0.29) is 22.7 Å². The molecule has 1 aromatic rings. The Hall–Kier alpha value is -1.27. The quantitative estimate of drug-likeness (QED) is 0.684. The Balaban J connectivity index is 2.03. The zero-order chi connectivity index (χ0) is 14.7. The molecule has 0 heterocycles. The average Bonchev–Trinajstić information content (AvgIpc) is 2.85. The van der Waals surface area contributed by atoms with Gasteiger partial charge < -0.3 is 5.32 Å². The highest BCUT2D eigenvalue weighted by Crippen LogP contribution is 2.29. The highest BCUT2D eigenvalue weighted by Gasteiger charge is 2.25. The number of benzene rings is 1. The summed E-state index contributed by atoms with van der Waals surface area (Å²) in [5, 5.41) is 14.2. The first-order valence-corrected chi connectivity index (χ1v) is 7.95. The van der Waals surface area contributed by atoms with Gasteiger partial charge in [0, 0.05) is 22.9 Å². The van der Waals surface area contributed by atoms with E-state index in [9.17, 15) is 14.9 Å². The fourth-order valence-corrected chi connectivity index (χ4v) is 3.40. The summed E-state index contributed by atoms with van der Waals surface area (Å²) in [6.07, 6.45) is 5.11. The van der Waals surface area contributed by atoms with Gasteiger partial charge in [-0.3, -0.25) is 14.9 Å². The van der Waals surface area contributed by atoms with Gasteiger partial charge in [-0.1, -0.05) is 11.6 Å². The van der Waals surface area contributed by atoms with Crippen molar-refractivity contribution in [1.82, 2.24) is 5.32 Å². The Bertz CT molecular complexity index is 538. The summed E-state index contributed by atoms with van der Waals surface area (Å²) in [6, 6.07) is 4.21. The first-order chi connectivity index (χ1) is 9.51. The second-order valence-electron chi connectivity index (χ2n) is 4.76. The molecule has 2 rings (SSSR count). The number of hydrogen-bond acceptors (Lipinski definition) is 4. The predicted molar refractivity (Wildman–Crippen MR) is 80.5 cm³/mol. The molecule has 0 radical (unpaired) electrons. The van der Waals surface area contributed by atoms with E-state index in [4.69, 9.17) is 11.6 Å². The van der Waals surface area contributed by atoms with Crippen molar-refractivity contribution in [2.75, 3.05) is 6.26 Å². The third kappa shape index (κ3) is 3.43. The van der Waals surface area contributed by atoms with Crippen LogP contribution >= 0.6 is 23.4 Å². The molecule has 1 aliphatic rings. The number of amides is 1. The normalized spacial score (nSPS) is 21.7. The maximum Gasteiger partial charge on any atom is 0.287 e. The van der Waals surface area contributed by atoms with E-state index in [1.54, 1.807) is 0 Å². The molecule has 1 aliphatic carbocycles. The number of carbonyl (C=O) groups excluding carboxylic acids is 1. The lowest BCUT2D eigenvalue weighted by atomic mass is 10.1. The van der Waals surface area contributed by atoms with Crippen molar-refractivity contribution in [2.45, 2.75) is 30.6 Å². The largest absolute Gasteiger partial charge is 0.349 e. The van der Waals surface area contributed by atoms with Crippen LogP contribution in [0.4, 0.5) is 5.69 Å². The summed E-state index contributed by atoms with van der Waals surface area (Å²) >= 11 is 7.63. The van der Waals surface area contributed by atoms with Crippen molar-refractivity contribution >= 4 is 35.0 Å². The fraction of sp³-hybridized carbons (Fsp3) is 0.462. The van der Waals surface area contributed by atoms with E-state index in [2.05, 4.69) is 11.6 Å². The molecule has 0 aliphatic heterocycles. The first-order valence-electron chi connectivity index (χ1n) is 6.29. The summed E-state index contributed by atoms with van der Waals surface area (Å²) in [6.45, 7) is 0. The summed E-state index contributed by atoms with van der Waals surface area (Å²) < 4.78 is 0. The van der Waals surface area contributed by atoms with E-state index in [1.807, 2.05) is 11.8 Å². The lowest BCUT2D eigenvalue weighted by molar-refractivity contribution is -0.384. The van der Waals surface area contributed by atoms with E-state index in [0.29, 0.717) is 10.8 Å². The van der Waals surface area contributed by atoms with Crippen LogP contribution in [-0.2, 0) is 0 Å². The van der Waals surface area contributed by atoms with Crippen LogP contribution < -0.4 is 5.32 Å². The molecule has 1 aromatic carbocycles. The molecule has 7 heteroatoms. The Morgan fingerprint density at radius 1 is 1.50 bits per heavy atom. The van der Waals surface area contributed by atoms with E-state index < -0.39 is 4.92 Å². The van der Waals surface area contributed by atoms with Gasteiger partial charge in [0.05, 0.1) is 4.92 Å². The van der Waals surface area contributed by atoms with Crippen LogP contribution in [0.25, 0.3) is 0 Å². The summed E-state index contributed by atoms with van der Waals surface area (Å²) in [5.41, 5.74) is 0.166. The lowest BCUT2D eigenvalue weighted by Crippen LogP contribution is -2.33. The molecule has 5 nitrogen and oxygen atoms in total. The van der Waals surface area contributed by atoms with Crippen molar-refractivity contribution in [3.8, 4) is 0 Å². The molecule has 0 spiro atoms. The average molecular weight is 315 g/mol. The van der Waals surface area contributed by atoms with Gasteiger partial charge in [-0.05, 0) is 37.7 Å². The molecule has 108 valence electrons. The Labute approximate surface area is 126 Å². The van der Waals surface area contributed by atoms with Crippen LogP contribution in [0.3, 0.4) is 0 Å². The smallest absolute Gasteiger partial charge is 0.287 e. The monoisotopic (exact) mass is 314 g/mol. The van der Waals surface area contributed by atoms with Crippen molar-refractivity contribution < 1.29 is 9.72 Å². The molecule has 0 bridgehead atoms. The van der Waals surface area contributed by atoms with Crippen molar-refractivity contribution in [2.24, 2.45) is 0 Å². The second-order valence-corrected chi connectivity index (χ2v) is 6.31. The number of nitrogens with zero attached hydrogens (tertiary/aromatic N) is 1. The minimum atomic E-state index is -0.565. The summed E-state index contributed by atoms with van der Waals surface area (Å²) in [4.78, 5) is 22.2. The summed E-state index contributed by atoms with van der Waals surface area (Å²) in [5.74, 6) is -0.228. The Morgan fingerprint density at radius 2 is 2.25 bits per heavy atom. The van der Waals surface area contributed by atoms with Gasteiger partial charge >= 0.3 is 0 Å². The minimum absolute atomic E-state index is 0.0175. The predicted octanol–water partition coefficient (Wildman–Crippen LogP) is 3.26. The molecule has 1 saturated carbocycles. The van der Waals surface area contributed by atoms with Gasteiger partial charge in [-0.15, -0.1) is 0 Å². The van der Waals surface area contributed by atoms with Crippen LogP contribution in [0, 0.1) is 10.1 Å². The number of nitrogens with one attached hydrogen (secondary N) is 1. The Kier molecular flexibility index (Phi) is 4.88. The molecule has 1 N–H and O–H groups in total. The zero-order valence-corrected chi connectivity index (χ0v) is 12.5. The van der Waals surface area contributed by atoms with Gasteiger partial charge in [-0.2, -0.15) is 11.8 Å². The molecule has 0 aromatic heterocycles. The number of carbonyl (C=O) groups is 1. The number of rotatable bonds is 4. The molecule has 2 unspecified atom stereocenters. The molecule has 20 heavy (non-hydrogen) atoms. The zero-order valence-electron chi connectivity index (χ0n) is 11.0.